The summed E-state index contributed by atoms with van der Waals surface area (Å²) < 4.78 is 32.7. The molecule has 0 amide bonds. The summed E-state index contributed by atoms with van der Waals surface area (Å²) in [6.45, 7) is 4.34. The van der Waals surface area contributed by atoms with Gasteiger partial charge >= 0.3 is 10.3 Å². The van der Waals surface area contributed by atoms with Gasteiger partial charge in [-0.15, -0.1) is 0 Å². The molecular weight excluding hydrogens is 452 g/mol. The van der Waals surface area contributed by atoms with E-state index in [-0.39, 0.29) is 24.0 Å². The third kappa shape index (κ3) is 5.43. The zero-order chi connectivity index (χ0) is 23.1. The van der Waals surface area contributed by atoms with Crippen LogP contribution in [0.25, 0.3) is 0 Å². The van der Waals surface area contributed by atoms with E-state index in [2.05, 4.69) is 35.1 Å². The molecule has 1 aromatic carbocycles. The van der Waals surface area contributed by atoms with Gasteiger partial charge in [-0.05, 0) is 59.9 Å². The zero-order valence-corrected chi connectivity index (χ0v) is 19.8. The maximum atomic E-state index is 11.0. The maximum Gasteiger partial charge on any atom is 0.333 e. The smallest absolute Gasteiger partial charge is 0.333 e. The van der Waals surface area contributed by atoms with E-state index in [9.17, 15) is 13.5 Å². The van der Waals surface area contributed by atoms with Gasteiger partial charge in [0.2, 0.25) is 0 Å². The Balaban J connectivity index is 1.41. The Morgan fingerprint density at radius 1 is 1.25 bits per heavy atom. The summed E-state index contributed by atoms with van der Waals surface area (Å²) in [5, 5.41) is 15.9. The molecule has 1 saturated carbocycles. The van der Waals surface area contributed by atoms with Crippen molar-refractivity contribution in [2.45, 2.75) is 63.1 Å². The van der Waals surface area contributed by atoms with Crippen molar-refractivity contribution in [2.24, 2.45) is 11.1 Å². The molecule has 0 spiro atoms. The highest BCUT2D eigenvalue weighted by Crippen LogP contribution is 2.47. The molecule has 7 nitrogen and oxygen atoms in total. The van der Waals surface area contributed by atoms with Crippen LogP contribution in [0.2, 0.25) is 5.02 Å². The molecule has 1 heterocycles. The van der Waals surface area contributed by atoms with Gasteiger partial charge in [-0.3, -0.25) is 9.17 Å². The van der Waals surface area contributed by atoms with Gasteiger partial charge in [0.15, 0.2) is 0 Å². The Kier molecular flexibility index (Phi) is 6.53. The molecule has 2 unspecified atom stereocenters. The molecule has 32 heavy (non-hydrogen) atoms. The van der Waals surface area contributed by atoms with Crippen LogP contribution >= 0.6 is 11.6 Å². The van der Waals surface area contributed by atoms with Gasteiger partial charge in [0.1, 0.15) is 11.9 Å². The lowest BCUT2D eigenvalue weighted by atomic mass is 9.85. The van der Waals surface area contributed by atoms with E-state index < -0.39 is 16.4 Å². The van der Waals surface area contributed by atoms with Crippen LogP contribution in [-0.2, 0) is 26.3 Å². The van der Waals surface area contributed by atoms with Crippen LogP contribution in [0, 0.1) is 5.92 Å². The number of aliphatic hydroxyl groups is 1. The van der Waals surface area contributed by atoms with Gasteiger partial charge in [-0.2, -0.15) is 8.42 Å². The van der Waals surface area contributed by atoms with E-state index in [0.717, 1.165) is 23.6 Å². The van der Waals surface area contributed by atoms with E-state index in [4.69, 9.17) is 21.5 Å². The number of halogens is 1. The van der Waals surface area contributed by atoms with Crippen molar-refractivity contribution in [1.29, 1.82) is 0 Å². The first-order valence-electron chi connectivity index (χ1n) is 10.8. The van der Waals surface area contributed by atoms with Crippen molar-refractivity contribution in [3.63, 3.8) is 0 Å². The Morgan fingerprint density at radius 3 is 2.78 bits per heavy atom. The van der Waals surface area contributed by atoms with Crippen LogP contribution in [0.15, 0.2) is 36.5 Å². The van der Waals surface area contributed by atoms with Crippen molar-refractivity contribution in [2.75, 3.05) is 6.61 Å². The number of nitrogens with two attached hydrogens (primary N) is 1. The van der Waals surface area contributed by atoms with Crippen LogP contribution in [0.1, 0.15) is 55.8 Å². The molecule has 0 bridgehead atoms. The number of pyridine rings is 1. The van der Waals surface area contributed by atoms with Crippen LogP contribution in [0.4, 0.5) is 0 Å². The van der Waals surface area contributed by atoms with Crippen molar-refractivity contribution in [1.82, 2.24) is 4.98 Å². The highest BCUT2D eigenvalue weighted by atomic mass is 35.5. The average Bonchev–Trinajstić information content (AvgIpc) is 3.16. The number of nitrogens with zero attached hydrogens (tertiary/aromatic N) is 1. The van der Waals surface area contributed by atoms with E-state index in [0.29, 0.717) is 24.5 Å². The minimum absolute atomic E-state index is 0.0626. The molecule has 1 aromatic heterocycles. The molecule has 3 N–H and O–H groups in total. The number of benzene rings is 1. The molecule has 4 atom stereocenters. The summed E-state index contributed by atoms with van der Waals surface area (Å²) in [6.07, 6.45) is 3.51. The summed E-state index contributed by atoms with van der Waals surface area (Å²) in [4.78, 5) is 4.55. The van der Waals surface area contributed by atoms with E-state index in [1.54, 1.807) is 12.3 Å². The third-order valence-electron chi connectivity index (χ3n) is 6.55. The minimum Gasteiger partial charge on any atom is -0.490 e. The quantitative estimate of drug-likeness (QED) is 0.627. The Labute approximate surface area is 194 Å². The highest BCUT2D eigenvalue weighted by Gasteiger charge is 2.37. The van der Waals surface area contributed by atoms with Crippen molar-refractivity contribution >= 4 is 21.9 Å². The average molecular weight is 481 g/mol. The highest BCUT2D eigenvalue weighted by molar-refractivity contribution is 7.84. The number of ether oxygens (including phenoxy) is 1. The molecule has 9 heteroatoms. The van der Waals surface area contributed by atoms with Crippen molar-refractivity contribution in [3.05, 3.63) is 58.4 Å². The number of hydrogen-bond acceptors (Lipinski definition) is 6. The second-order valence-electron chi connectivity index (χ2n) is 9.52. The summed E-state index contributed by atoms with van der Waals surface area (Å²) >= 11 is 6.23. The van der Waals surface area contributed by atoms with Gasteiger partial charge in [-0.25, -0.2) is 5.14 Å². The lowest BCUT2D eigenvalue weighted by Crippen LogP contribution is -2.24. The van der Waals surface area contributed by atoms with E-state index in [1.807, 2.05) is 12.1 Å². The predicted octanol–water partition coefficient (Wildman–Crippen LogP) is 3.48. The summed E-state index contributed by atoms with van der Waals surface area (Å²) in [5.74, 6) is 0.700. The molecule has 2 aliphatic carbocycles. The topological polar surface area (TPSA) is 112 Å². The summed E-state index contributed by atoms with van der Waals surface area (Å²) in [7, 11) is -4.03. The fraction of sp³-hybridized carbons (Fsp3) is 0.522. The van der Waals surface area contributed by atoms with E-state index in [1.165, 1.54) is 11.1 Å². The number of fused-ring (bicyclic) bond motifs is 1. The predicted molar refractivity (Wildman–Crippen MR) is 122 cm³/mol. The molecule has 0 saturated heterocycles. The molecule has 0 aliphatic heterocycles. The fourth-order valence-electron chi connectivity index (χ4n) is 5.08. The number of aliphatic hydroxyl groups excluding tert-OH is 1. The minimum atomic E-state index is -4.03. The van der Waals surface area contributed by atoms with Crippen molar-refractivity contribution in [3.8, 4) is 5.75 Å². The van der Waals surface area contributed by atoms with Crippen LogP contribution in [0.3, 0.4) is 0 Å². The normalized spacial score (nSPS) is 26.8. The van der Waals surface area contributed by atoms with Crippen molar-refractivity contribution < 1.29 is 22.4 Å². The molecule has 0 radical (unpaired) electrons. The largest absolute Gasteiger partial charge is 0.490 e. The summed E-state index contributed by atoms with van der Waals surface area (Å²) in [5.41, 5.74) is 3.63. The van der Waals surface area contributed by atoms with E-state index >= 15 is 0 Å². The molecule has 2 aromatic rings. The molecule has 2 aliphatic rings. The molecule has 1 fully saturated rings. The van der Waals surface area contributed by atoms with Gasteiger partial charge in [0.25, 0.3) is 0 Å². The SMILES string of the molecule is CC1(C)CC(Cc2cc(O[C@@H]3CC(COS(N)(=O)=O)[C@@H](O)C3)ccn2)c2ccc(Cl)cc21. The zero-order valence-electron chi connectivity index (χ0n) is 18.2. The number of aromatic nitrogens is 1. The van der Waals surface area contributed by atoms with Gasteiger partial charge in [0, 0.05) is 35.3 Å². The lowest BCUT2D eigenvalue weighted by molar-refractivity contribution is 0.0987. The number of hydrogen-bond donors (Lipinski definition) is 2. The van der Waals surface area contributed by atoms with Crippen LogP contribution < -0.4 is 9.88 Å². The van der Waals surface area contributed by atoms with Gasteiger partial charge in [0.05, 0.1) is 12.7 Å². The van der Waals surface area contributed by atoms with Gasteiger partial charge in [-0.1, -0.05) is 31.5 Å². The Morgan fingerprint density at radius 2 is 2.03 bits per heavy atom. The monoisotopic (exact) mass is 480 g/mol. The summed E-state index contributed by atoms with van der Waals surface area (Å²) in [6, 6.07) is 9.90. The molecule has 4 rings (SSSR count). The molecule has 174 valence electrons. The standard InChI is InChI=1S/C23H29ClN2O5S/c1-23(2)12-14(20-4-3-16(24)9-21(20)23)7-17-10-18(5-6-26-17)31-19-8-15(22(27)11-19)13-30-32(25,28)29/h3-6,9-10,14-15,19,22,27H,7-8,11-13H2,1-2H3,(H2,25,28,29)/t14?,15?,19-,22+/m1/s1. The number of rotatable bonds is 7. The first-order chi connectivity index (χ1) is 15.0. The third-order valence-corrected chi connectivity index (χ3v) is 7.25. The lowest BCUT2D eigenvalue weighted by Gasteiger charge is -2.19. The first kappa shape index (κ1) is 23.4. The Hall–Kier alpha value is -1.71. The molecular formula is C23H29ClN2O5S. The van der Waals surface area contributed by atoms with Crippen LogP contribution in [0.5, 0.6) is 5.75 Å². The Bertz CT molecular complexity index is 1090. The maximum absolute atomic E-state index is 11.0. The second-order valence-corrected chi connectivity index (χ2v) is 11.2. The first-order valence-corrected chi connectivity index (χ1v) is 12.6. The van der Waals surface area contributed by atoms with Gasteiger partial charge < -0.3 is 9.84 Å². The second kappa shape index (κ2) is 8.91. The van der Waals surface area contributed by atoms with Crippen LogP contribution in [-0.4, -0.2) is 37.3 Å². The fourth-order valence-corrected chi connectivity index (χ4v) is 5.62.